The second kappa shape index (κ2) is 7.13. The number of aliphatic carboxylic acids is 1. The summed E-state index contributed by atoms with van der Waals surface area (Å²) in [5.41, 5.74) is 0.453. The van der Waals surface area contributed by atoms with Gasteiger partial charge in [0, 0.05) is 5.56 Å². The number of nitrogens with one attached hydrogen (secondary N) is 1. The van der Waals surface area contributed by atoms with E-state index in [2.05, 4.69) is 5.32 Å². The van der Waals surface area contributed by atoms with Crippen LogP contribution in [-0.2, 0) is 4.79 Å². The Hall–Kier alpha value is -3.28. The minimum Gasteiger partial charge on any atom is -0.504 e. The largest absolute Gasteiger partial charge is 0.504 e. The maximum absolute atomic E-state index is 12.0. The van der Waals surface area contributed by atoms with E-state index < -0.39 is 11.9 Å². The zero-order valence-corrected chi connectivity index (χ0v) is 12.3. The van der Waals surface area contributed by atoms with Crippen LogP contribution in [0.25, 0.3) is 6.08 Å². The van der Waals surface area contributed by atoms with Gasteiger partial charge in [-0.1, -0.05) is 24.3 Å². The Morgan fingerprint density at radius 3 is 2.39 bits per heavy atom. The van der Waals surface area contributed by atoms with Crippen molar-refractivity contribution in [3.8, 4) is 11.5 Å². The molecule has 6 nitrogen and oxygen atoms in total. The molecule has 0 aromatic heterocycles. The Kier molecular flexibility index (Phi) is 4.99. The molecule has 0 atom stereocenters. The molecule has 0 radical (unpaired) electrons. The first-order valence-electron chi connectivity index (χ1n) is 6.69. The van der Waals surface area contributed by atoms with Crippen molar-refractivity contribution in [2.24, 2.45) is 0 Å². The first-order chi connectivity index (χ1) is 11.0. The zero-order valence-electron chi connectivity index (χ0n) is 12.3. The van der Waals surface area contributed by atoms with Crippen LogP contribution in [0.15, 0.2) is 54.2 Å². The maximum Gasteiger partial charge on any atom is 0.352 e. The Morgan fingerprint density at radius 1 is 1.13 bits per heavy atom. The third-order valence-corrected chi connectivity index (χ3v) is 3.03. The van der Waals surface area contributed by atoms with Crippen molar-refractivity contribution >= 4 is 18.0 Å². The van der Waals surface area contributed by atoms with E-state index in [1.54, 1.807) is 36.4 Å². The summed E-state index contributed by atoms with van der Waals surface area (Å²) < 4.78 is 4.92. The average molecular weight is 313 g/mol. The fraction of sp³-hybridized carbons (Fsp3) is 0.0588. The number of carbonyl (C=O) groups excluding carboxylic acids is 1. The summed E-state index contributed by atoms with van der Waals surface area (Å²) in [7, 11) is 1.41. The number of methoxy groups -OCH3 is 1. The molecule has 0 heterocycles. The van der Waals surface area contributed by atoms with Crippen LogP contribution in [0.1, 0.15) is 15.9 Å². The Morgan fingerprint density at radius 2 is 1.83 bits per heavy atom. The lowest BCUT2D eigenvalue weighted by atomic mass is 10.1. The van der Waals surface area contributed by atoms with Crippen LogP contribution >= 0.6 is 0 Å². The number of hydrogen-bond donors (Lipinski definition) is 3. The van der Waals surface area contributed by atoms with Gasteiger partial charge in [0.05, 0.1) is 7.11 Å². The number of benzene rings is 2. The number of carbonyl (C=O) groups is 2. The number of rotatable bonds is 5. The summed E-state index contributed by atoms with van der Waals surface area (Å²) in [6.45, 7) is 0. The summed E-state index contributed by atoms with van der Waals surface area (Å²) in [4.78, 5) is 23.3. The molecular weight excluding hydrogens is 298 g/mol. The highest BCUT2D eigenvalue weighted by molar-refractivity contribution is 6.02. The van der Waals surface area contributed by atoms with E-state index in [9.17, 15) is 19.8 Å². The molecule has 0 saturated carbocycles. The molecule has 0 saturated heterocycles. The van der Waals surface area contributed by atoms with Crippen LogP contribution in [-0.4, -0.2) is 29.2 Å². The second-order valence-electron chi connectivity index (χ2n) is 4.61. The van der Waals surface area contributed by atoms with E-state index in [1.165, 1.54) is 25.3 Å². The number of phenols is 1. The van der Waals surface area contributed by atoms with Gasteiger partial charge < -0.3 is 20.3 Å². The fourth-order valence-corrected chi connectivity index (χ4v) is 1.90. The van der Waals surface area contributed by atoms with Crippen LogP contribution in [0.5, 0.6) is 11.5 Å². The topological polar surface area (TPSA) is 95.9 Å². The van der Waals surface area contributed by atoms with Gasteiger partial charge >= 0.3 is 5.97 Å². The average Bonchev–Trinajstić information content (AvgIpc) is 2.55. The van der Waals surface area contributed by atoms with Crippen molar-refractivity contribution in [3.05, 3.63) is 65.4 Å². The number of carboxylic acid groups (broad SMARTS) is 1. The summed E-state index contributed by atoms with van der Waals surface area (Å²) >= 11 is 0. The van der Waals surface area contributed by atoms with Gasteiger partial charge in [0.1, 0.15) is 5.70 Å². The lowest BCUT2D eigenvalue weighted by Gasteiger charge is -2.07. The SMILES string of the molecule is COc1ccc(/C=C(\NC(=O)c2ccccc2)C(=O)O)cc1O. The highest BCUT2D eigenvalue weighted by Crippen LogP contribution is 2.27. The van der Waals surface area contributed by atoms with Crippen LogP contribution < -0.4 is 10.1 Å². The van der Waals surface area contributed by atoms with E-state index in [4.69, 9.17) is 4.74 Å². The first kappa shape index (κ1) is 16.1. The van der Waals surface area contributed by atoms with E-state index in [0.29, 0.717) is 11.1 Å². The van der Waals surface area contributed by atoms with Crippen molar-refractivity contribution in [2.75, 3.05) is 7.11 Å². The minimum atomic E-state index is -1.29. The maximum atomic E-state index is 12.0. The van der Waals surface area contributed by atoms with Gasteiger partial charge in [0.15, 0.2) is 11.5 Å². The van der Waals surface area contributed by atoms with Crippen LogP contribution in [0.3, 0.4) is 0 Å². The van der Waals surface area contributed by atoms with Crippen molar-refractivity contribution in [3.63, 3.8) is 0 Å². The molecule has 0 fully saturated rings. The van der Waals surface area contributed by atoms with Crippen LogP contribution in [0.4, 0.5) is 0 Å². The fourth-order valence-electron chi connectivity index (χ4n) is 1.90. The summed E-state index contributed by atoms with van der Waals surface area (Å²) in [5.74, 6) is -1.67. The summed E-state index contributed by atoms with van der Waals surface area (Å²) in [6.07, 6.45) is 1.25. The molecule has 2 aromatic carbocycles. The molecule has 1 amide bonds. The normalized spacial score (nSPS) is 10.9. The monoisotopic (exact) mass is 313 g/mol. The Balaban J connectivity index is 2.26. The van der Waals surface area contributed by atoms with E-state index in [1.807, 2.05) is 0 Å². The van der Waals surface area contributed by atoms with Gasteiger partial charge in [0.25, 0.3) is 5.91 Å². The first-order valence-corrected chi connectivity index (χ1v) is 6.69. The zero-order chi connectivity index (χ0) is 16.8. The number of amides is 1. The highest BCUT2D eigenvalue weighted by atomic mass is 16.5. The van der Waals surface area contributed by atoms with Crippen molar-refractivity contribution in [2.45, 2.75) is 0 Å². The lowest BCUT2D eigenvalue weighted by Crippen LogP contribution is -2.27. The molecule has 2 aromatic rings. The Bertz CT molecular complexity index is 753. The molecule has 118 valence electrons. The highest BCUT2D eigenvalue weighted by Gasteiger charge is 2.13. The van der Waals surface area contributed by atoms with E-state index in [0.717, 1.165) is 0 Å². The second-order valence-corrected chi connectivity index (χ2v) is 4.61. The van der Waals surface area contributed by atoms with Crippen LogP contribution in [0, 0.1) is 0 Å². The van der Waals surface area contributed by atoms with Gasteiger partial charge in [0.2, 0.25) is 0 Å². The minimum absolute atomic E-state index is 0.125. The predicted octanol–water partition coefficient (Wildman–Crippen LogP) is 2.26. The molecule has 0 aliphatic rings. The molecular formula is C17H15NO5. The van der Waals surface area contributed by atoms with E-state index in [-0.39, 0.29) is 17.2 Å². The molecule has 0 spiro atoms. The molecule has 0 aliphatic heterocycles. The van der Waals surface area contributed by atoms with Crippen LogP contribution in [0.2, 0.25) is 0 Å². The number of hydrogen-bond acceptors (Lipinski definition) is 4. The molecule has 0 aliphatic carbocycles. The number of aromatic hydroxyl groups is 1. The Labute approximate surface area is 132 Å². The third kappa shape index (κ3) is 4.10. The summed E-state index contributed by atoms with van der Waals surface area (Å²) in [6, 6.07) is 12.7. The number of ether oxygens (including phenoxy) is 1. The van der Waals surface area contributed by atoms with Gasteiger partial charge in [-0.3, -0.25) is 4.79 Å². The van der Waals surface area contributed by atoms with Gasteiger partial charge in [-0.15, -0.1) is 0 Å². The third-order valence-electron chi connectivity index (χ3n) is 3.03. The van der Waals surface area contributed by atoms with Crippen molar-refractivity contribution in [1.82, 2.24) is 5.32 Å². The smallest absolute Gasteiger partial charge is 0.352 e. The summed E-state index contributed by atoms with van der Waals surface area (Å²) in [5, 5.41) is 21.3. The molecule has 0 bridgehead atoms. The molecule has 3 N–H and O–H groups in total. The number of carboxylic acids is 1. The molecule has 0 unspecified atom stereocenters. The van der Waals surface area contributed by atoms with E-state index >= 15 is 0 Å². The van der Waals surface area contributed by atoms with Crippen molar-refractivity contribution < 1.29 is 24.5 Å². The standard InChI is InChI=1S/C17H15NO5/c1-23-15-8-7-11(10-14(15)19)9-13(17(21)22)18-16(20)12-5-3-2-4-6-12/h2-10,19H,1H3,(H,18,20)(H,21,22)/b13-9-. The quantitative estimate of drug-likeness (QED) is 0.736. The van der Waals surface area contributed by atoms with Gasteiger partial charge in [-0.05, 0) is 35.9 Å². The molecule has 2 rings (SSSR count). The van der Waals surface area contributed by atoms with Gasteiger partial charge in [-0.2, -0.15) is 0 Å². The molecule has 6 heteroatoms. The predicted molar refractivity (Wildman–Crippen MR) is 84.2 cm³/mol. The molecule has 23 heavy (non-hydrogen) atoms. The number of phenolic OH excluding ortho intramolecular Hbond substituents is 1. The lowest BCUT2D eigenvalue weighted by molar-refractivity contribution is -0.132. The van der Waals surface area contributed by atoms with Gasteiger partial charge in [-0.25, -0.2) is 4.79 Å². The van der Waals surface area contributed by atoms with Crippen molar-refractivity contribution in [1.29, 1.82) is 0 Å².